The first-order valence-corrected chi connectivity index (χ1v) is 6.16. The van der Waals surface area contributed by atoms with Gasteiger partial charge in [-0.2, -0.15) is 10.5 Å². The maximum atomic E-state index is 9.64. The first kappa shape index (κ1) is 15.5. The quantitative estimate of drug-likeness (QED) is 0.756. The average molecular weight is 292 g/mol. The SMILES string of the molecule is COC1(OC)[C@@H](c2ccco2)C(C#N)(C#N)C1(OC)OC. The van der Waals surface area contributed by atoms with E-state index in [9.17, 15) is 10.5 Å². The summed E-state index contributed by atoms with van der Waals surface area (Å²) in [6.07, 6.45) is 1.45. The zero-order valence-electron chi connectivity index (χ0n) is 12.2. The van der Waals surface area contributed by atoms with E-state index in [-0.39, 0.29) is 0 Å². The minimum absolute atomic E-state index is 0.381. The third-order valence-corrected chi connectivity index (χ3v) is 4.15. The van der Waals surface area contributed by atoms with Crippen molar-refractivity contribution in [3.8, 4) is 12.1 Å². The van der Waals surface area contributed by atoms with Crippen LogP contribution in [-0.2, 0) is 18.9 Å². The fraction of sp³-hybridized carbons (Fsp3) is 0.571. The van der Waals surface area contributed by atoms with E-state index in [1.807, 2.05) is 12.1 Å². The molecule has 0 saturated heterocycles. The second kappa shape index (κ2) is 5.14. The van der Waals surface area contributed by atoms with Crippen molar-refractivity contribution in [2.45, 2.75) is 17.5 Å². The Morgan fingerprint density at radius 1 is 1.05 bits per heavy atom. The van der Waals surface area contributed by atoms with Crippen LogP contribution in [0.25, 0.3) is 0 Å². The second-order valence-corrected chi connectivity index (χ2v) is 4.58. The number of rotatable bonds is 5. The van der Waals surface area contributed by atoms with Crippen LogP contribution in [0.4, 0.5) is 0 Å². The van der Waals surface area contributed by atoms with E-state index in [0.717, 1.165) is 0 Å². The zero-order valence-corrected chi connectivity index (χ0v) is 12.2. The van der Waals surface area contributed by atoms with E-state index in [2.05, 4.69) is 0 Å². The molecule has 0 bridgehead atoms. The van der Waals surface area contributed by atoms with Gasteiger partial charge in [-0.1, -0.05) is 0 Å². The number of nitrogens with zero attached hydrogens (tertiary/aromatic N) is 2. The van der Waals surface area contributed by atoms with Crippen molar-refractivity contribution >= 4 is 0 Å². The molecule has 1 aliphatic carbocycles. The topological polar surface area (TPSA) is 97.6 Å². The molecule has 7 nitrogen and oxygen atoms in total. The Morgan fingerprint density at radius 2 is 1.62 bits per heavy atom. The van der Waals surface area contributed by atoms with Crippen molar-refractivity contribution in [2.24, 2.45) is 5.41 Å². The Bertz CT molecular complexity index is 561. The molecule has 1 aromatic heterocycles. The van der Waals surface area contributed by atoms with E-state index in [0.29, 0.717) is 5.76 Å². The highest BCUT2D eigenvalue weighted by Crippen LogP contribution is 2.68. The van der Waals surface area contributed by atoms with Gasteiger partial charge in [0.15, 0.2) is 0 Å². The molecule has 1 heterocycles. The predicted octanol–water partition coefficient (Wildman–Crippen LogP) is 1.39. The summed E-state index contributed by atoms with van der Waals surface area (Å²) < 4.78 is 27.1. The molecule has 1 atom stereocenters. The van der Waals surface area contributed by atoms with E-state index < -0.39 is 22.9 Å². The zero-order chi connectivity index (χ0) is 15.7. The number of furan rings is 1. The van der Waals surface area contributed by atoms with E-state index in [1.54, 1.807) is 12.1 Å². The molecule has 1 saturated carbocycles. The first-order chi connectivity index (χ1) is 10.1. The number of methoxy groups -OCH3 is 4. The molecule has 0 spiro atoms. The lowest BCUT2D eigenvalue weighted by atomic mass is 9.50. The minimum Gasteiger partial charge on any atom is -0.469 e. The summed E-state index contributed by atoms with van der Waals surface area (Å²) in [4.78, 5) is 0. The Balaban J connectivity index is 2.73. The van der Waals surface area contributed by atoms with Crippen molar-refractivity contribution in [1.29, 1.82) is 10.5 Å². The predicted molar refractivity (Wildman–Crippen MR) is 68.6 cm³/mol. The molecular weight excluding hydrogens is 276 g/mol. The molecule has 2 rings (SSSR count). The summed E-state index contributed by atoms with van der Waals surface area (Å²) in [5.74, 6) is -3.64. The molecule has 0 radical (unpaired) electrons. The summed E-state index contributed by atoms with van der Waals surface area (Å²) in [6.45, 7) is 0. The molecule has 7 heteroatoms. The lowest BCUT2D eigenvalue weighted by molar-refractivity contribution is -0.482. The van der Waals surface area contributed by atoms with Gasteiger partial charge in [-0.3, -0.25) is 0 Å². The lowest BCUT2D eigenvalue weighted by Crippen LogP contribution is -2.82. The van der Waals surface area contributed by atoms with Crippen LogP contribution < -0.4 is 0 Å². The number of nitriles is 2. The van der Waals surface area contributed by atoms with Crippen LogP contribution in [0.1, 0.15) is 11.7 Å². The van der Waals surface area contributed by atoms with E-state index in [1.165, 1.54) is 34.7 Å². The fourth-order valence-electron chi connectivity index (χ4n) is 3.30. The van der Waals surface area contributed by atoms with Gasteiger partial charge in [0.05, 0.1) is 18.4 Å². The smallest absolute Gasteiger partial charge is 0.258 e. The van der Waals surface area contributed by atoms with Gasteiger partial charge in [-0.05, 0) is 12.1 Å². The molecule has 0 unspecified atom stereocenters. The van der Waals surface area contributed by atoms with Crippen LogP contribution in [0.15, 0.2) is 22.8 Å². The Kier molecular flexibility index (Phi) is 3.79. The molecule has 0 N–H and O–H groups in total. The Hall–Kier alpha value is -1.90. The highest BCUT2D eigenvalue weighted by atomic mass is 16.8. The van der Waals surface area contributed by atoms with Crippen LogP contribution in [0.2, 0.25) is 0 Å². The lowest BCUT2D eigenvalue weighted by Gasteiger charge is -2.64. The van der Waals surface area contributed by atoms with Gasteiger partial charge >= 0.3 is 0 Å². The summed E-state index contributed by atoms with van der Waals surface area (Å²) in [5, 5.41) is 19.3. The van der Waals surface area contributed by atoms with Crippen LogP contribution in [0.5, 0.6) is 0 Å². The molecule has 0 aromatic carbocycles. The number of hydrogen-bond acceptors (Lipinski definition) is 7. The monoisotopic (exact) mass is 292 g/mol. The summed E-state index contributed by atoms with van der Waals surface area (Å²) >= 11 is 0. The minimum atomic E-state index is -1.70. The molecule has 0 aliphatic heterocycles. The molecule has 112 valence electrons. The van der Waals surface area contributed by atoms with Crippen molar-refractivity contribution in [3.63, 3.8) is 0 Å². The van der Waals surface area contributed by atoms with Gasteiger partial charge in [0.1, 0.15) is 11.7 Å². The third kappa shape index (κ3) is 1.44. The molecule has 0 amide bonds. The van der Waals surface area contributed by atoms with Crippen molar-refractivity contribution in [3.05, 3.63) is 24.2 Å². The van der Waals surface area contributed by atoms with Crippen molar-refractivity contribution < 1.29 is 23.4 Å². The Morgan fingerprint density at radius 3 is 1.95 bits per heavy atom. The Labute approximate surface area is 122 Å². The molecular formula is C14H16N2O5. The number of hydrogen-bond donors (Lipinski definition) is 0. The number of ether oxygens (including phenoxy) is 4. The largest absolute Gasteiger partial charge is 0.469 e. The van der Waals surface area contributed by atoms with Crippen LogP contribution in [0.3, 0.4) is 0 Å². The second-order valence-electron chi connectivity index (χ2n) is 4.58. The fourth-order valence-corrected chi connectivity index (χ4v) is 3.30. The van der Waals surface area contributed by atoms with Crippen LogP contribution in [0, 0.1) is 28.1 Å². The van der Waals surface area contributed by atoms with Crippen molar-refractivity contribution in [1.82, 2.24) is 0 Å². The molecule has 21 heavy (non-hydrogen) atoms. The summed E-state index contributed by atoms with van der Waals surface area (Å²) in [7, 11) is 5.45. The van der Waals surface area contributed by atoms with E-state index in [4.69, 9.17) is 23.4 Å². The summed E-state index contributed by atoms with van der Waals surface area (Å²) in [6, 6.07) is 7.28. The first-order valence-electron chi connectivity index (χ1n) is 6.16. The molecule has 1 aliphatic rings. The third-order valence-electron chi connectivity index (χ3n) is 4.15. The van der Waals surface area contributed by atoms with Crippen LogP contribution in [-0.4, -0.2) is 40.0 Å². The van der Waals surface area contributed by atoms with Gasteiger partial charge in [-0.15, -0.1) is 0 Å². The molecule has 1 fully saturated rings. The van der Waals surface area contributed by atoms with Gasteiger partial charge in [0, 0.05) is 28.4 Å². The van der Waals surface area contributed by atoms with Crippen LogP contribution >= 0.6 is 0 Å². The molecule has 1 aromatic rings. The average Bonchev–Trinajstić information content (AvgIpc) is 3.03. The maximum Gasteiger partial charge on any atom is 0.258 e. The highest BCUT2D eigenvalue weighted by molar-refractivity contribution is 5.44. The normalized spacial score (nSPS) is 24.6. The highest BCUT2D eigenvalue weighted by Gasteiger charge is 2.87. The van der Waals surface area contributed by atoms with Gasteiger partial charge < -0.3 is 23.4 Å². The van der Waals surface area contributed by atoms with Gasteiger partial charge in [0.25, 0.3) is 5.79 Å². The van der Waals surface area contributed by atoms with E-state index >= 15 is 0 Å². The van der Waals surface area contributed by atoms with Gasteiger partial charge in [0.2, 0.25) is 11.2 Å². The summed E-state index contributed by atoms with van der Waals surface area (Å²) in [5.41, 5.74) is -1.68. The maximum absolute atomic E-state index is 9.64. The van der Waals surface area contributed by atoms with Crippen molar-refractivity contribution in [2.75, 3.05) is 28.4 Å². The van der Waals surface area contributed by atoms with Gasteiger partial charge in [-0.25, -0.2) is 0 Å². The standard InChI is InChI=1S/C14H16N2O5/c1-17-13(18-2)11(10-6-5-7-21-10)12(8-15,9-16)14(13,19-3)20-4/h5-7,11H,1-4H3/t11-/m0/s1.